The van der Waals surface area contributed by atoms with E-state index in [0.29, 0.717) is 11.1 Å². The van der Waals surface area contributed by atoms with Gasteiger partial charge in [0.2, 0.25) is 0 Å². The number of anilines is 2. The standard InChI is InChI=1S/C17H28N2O/c1-17(2,3)13-6-5-10-19(11-9-13)14-7-8-15(18)16(12-14)20-4/h7-8,12-13H,5-6,9-11,18H2,1-4H3. The summed E-state index contributed by atoms with van der Waals surface area (Å²) in [5.74, 6) is 1.59. The van der Waals surface area contributed by atoms with Crippen molar-refractivity contribution in [3.63, 3.8) is 0 Å². The quantitative estimate of drug-likeness (QED) is 0.832. The highest BCUT2D eigenvalue weighted by Crippen LogP contribution is 2.36. The third-order valence-corrected chi connectivity index (χ3v) is 4.54. The topological polar surface area (TPSA) is 38.5 Å². The van der Waals surface area contributed by atoms with Crippen LogP contribution < -0.4 is 15.4 Å². The maximum absolute atomic E-state index is 5.90. The first-order valence-corrected chi connectivity index (χ1v) is 7.60. The lowest BCUT2D eigenvalue weighted by Crippen LogP contribution is -2.26. The van der Waals surface area contributed by atoms with Gasteiger partial charge in [-0.3, -0.25) is 0 Å². The number of benzene rings is 1. The van der Waals surface area contributed by atoms with Crippen LogP contribution in [0.25, 0.3) is 0 Å². The van der Waals surface area contributed by atoms with E-state index in [0.717, 1.165) is 24.8 Å². The largest absolute Gasteiger partial charge is 0.495 e. The minimum atomic E-state index is 0.412. The molecule has 0 spiro atoms. The van der Waals surface area contributed by atoms with E-state index in [1.54, 1.807) is 7.11 Å². The van der Waals surface area contributed by atoms with Gasteiger partial charge in [-0.05, 0) is 42.7 Å². The van der Waals surface area contributed by atoms with Gasteiger partial charge in [0.1, 0.15) is 5.75 Å². The van der Waals surface area contributed by atoms with E-state index in [4.69, 9.17) is 10.5 Å². The summed E-state index contributed by atoms with van der Waals surface area (Å²) in [6.07, 6.45) is 3.84. The van der Waals surface area contributed by atoms with Crippen molar-refractivity contribution in [2.24, 2.45) is 11.3 Å². The van der Waals surface area contributed by atoms with E-state index < -0.39 is 0 Å². The molecular weight excluding hydrogens is 248 g/mol. The van der Waals surface area contributed by atoms with E-state index >= 15 is 0 Å². The minimum absolute atomic E-state index is 0.412. The van der Waals surface area contributed by atoms with Gasteiger partial charge in [-0.2, -0.15) is 0 Å². The normalized spacial score (nSPS) is 20.6. The van der Waals surface area contributed by atoms with Gasteiger partial charge in [-0.15, -0.1) is 0 Å². The number of hydrogen-bond acceptors (Lipinski definition) is 3. The second-order valence-electron chi connectivity index (χ2n) is 6.91. The summed E-state index contributed by atoms with van der Waals surface area (Å²) >= 11 is 0. The average molecular weight is 276 g/mol. The Bertz CT molecular complexity index is 451. The van der Waals surface area contributed by atoms with Gasteiger partial charge in [0.25, 0.3) is 0 Å². The maximum Gasteiger partial charge on any atom is 0.143 e. The van der Waals surface area contributed by atoms with Gasteiger partial charge in [-0.1, -0.05) is 20.8 Å². The van der Waals surface area contributed by atoms with Crippen molar-refractivity contribution in [3.8, 4) is 5.75 Å². The zero-order valence-electron chi connectivity index (χ0n) is 13.3. The van der Waals surface area contributed by atoms with Crippen LogP contribution in [0.5, 0.6) is 5.75 Å². The molecule has 1 aliphatic heterocycles. The van der Waals surface area contributed by atoms with Crippen LogP contribution in [0.2, 0.25) is 0 Å². The predicted octanol–water partition coefficient (Wildman–Crippen LogP) is 3.93. The number of nitrogen functional groups attached to an aromatic ring is 1. The summed E-state index contributed by atoms with van der Waals surface area (Å²) in [4.78, 5) is 2.47. The van der Waals surface area contributed by atoms with E-state index in [1.807, 2.05) is 6.07 Å². The Morgan fingerprint density at radius 1 is 1.20 bits per heavy atom. The van der Waals surface area contributed by atoms with Crippen LogP contribution in [0.15, 0.2) is 18.2 Å². The lowest BCUT2D eigenvalue weighted by molar-refractivity contribution is 0.220. The zero-order chi connectivity index (χ0) is 14.8. The van der Waals surface area contributed by atoms with Crippen LogP contribution in [-0.2, 0) is 0 Å². The molecule has 20 heavy (non-hydrogen) atoms. The first-order chi connectivity index (χ1) is 9.41. The second-order valence-corrected chi connectivity index (χ2v) is 6.91. The molecule has 112 valence electrons. The minimum Gasteiger partial charge on any atom is -0.495 e. The number of nitrogens with two attached hydrogens (primary N) is 1. The van der Waals surface area contributed by atoms with E-state index in [2.05, 4.69) is 37.8 Å². The fourth-order valence-electron chi connectivity index (χ4n) is 3.12. The van der Waals surface area contributed by atoms with Gasteiger partial charge >= 0.3 is 0 Å². The lowest BCUT2D eigenvalue weighted by atomic mass is 9.77. The molecule has 1 unspecified atom stereocenters. The van der Waals surface area contributed by atoms with E-state index in [9.17, 15) is 0 Å². The summed E-state index contributed by atoms with van der Waals surface area (Å²) in [6.45, 7) is 9.33. The fraction of sp³-hybridized carbons (Fsp3) is 0.647. The van der Waals surface area contributed by atoms with Crippen LogP contribution in [0, 0.1) is 11.3 Å². The molecule has 0 amide bonds. The van der Waals surface area contributed by atoms with Crippen molar-refractivity contribution < 1.29 is 4.74 Å². The highest BCUT2D eigenvalue weighted by atomic mass is 16.5. The van der Waals surface area contributed by atoms with Crippen molar-refractivity contribution >= 4 is 11.4 Å². The second kappa shape index (κ2) is 5.94. The van der Waals surface area contributed by atoms with Crippen molar-refractivity contribution in [2.75, 3.05) is 30.8 Å². The Morgan fingerprint density at radius 2 is 1.95 bits per heavy atom. The van der Waals surface area contributed by atoms with Gasteiger partial charge in [-0.25, -0.2) is 0 Å². The summed E-state index contributed by atoms with van der Waals surface area (Å²) < 4.78 is 5.33. The van der Waals surface area contributed by atoms with Gasteiger partial charge in [0.05, 0.1) is 12.8 Å². The number of ether oxygens (including phenoxy) is 1. The summed E-state index contributed by atoms with van der Waals surface area (Å²) in [5, 5.41) is 0. The van der Waals surface area contributed by atoms with Gasteiger partial charge in [0.15, 0.2) is 0 Å². The van der Waals surface area contributed by atoms with Crippen LogP contribution in [0.1, 0.15) is 40.0 Å². The molecule has 1 saturated heterocycles. The van der Waals surface area contributed by atoms with Crippen LogP contribution >= 0.6 is 0 Å². The number of hydrogen-bond donors (Lipinski definition) is 1. The van der Waals surface area contributed by atoms with E-state index in [-0.39, 0.29) is 0 Å². The summed E-state index contributed by atoms with van der Waals surface area (Å²) in [6, 6.07) is 6.11. The summed E-state index contributed by atoms with van der Waals surface area (Å²) in [7, 11) is 1.67. The summed E-state index contributed by atoms with van der Waals surface area (Å²) in [5.41, 5.74) is 8.24. The first-order valence-electron chi connectivity index (χ1n) is 7.60. The molecule has 1 aromatic carbocycles. The van der Waals surface area contributed by atoms with Crippen LogP contribution in [0.4, 0.5) is 11.4 Å². The Balaban J connectivity index is 2.11. The third-order valence-electron chi connectivity index (χ3n) is 4.54. The zero-order valence-corrected chi connectivity index (χ0v) is 13.3. The molecule has 1 atom stereocenters. The Labute approximate surface area is 123 Å². The molecule has 0 bridgehead atoms. The average Bonchev–Trinajstić information content (AvgIpc) is 2.64. The maximum atomic E-state index is 5.90. The molecular formula is C17H28N2O. The molecule has 1 heterocycles. The molecule has 2 rings (SSSR count). The first kappa shape index (κ1) is 15.0. The van der Waals surface area contributed by atoms with Crippen molar-refractivity contribution in [1.82, 2.24) is 0 Å². The predicted molar refractivity (Wildman–Crippen MR) is 86.4 cm³/mol. The molecule has 3 heteroatoms. The Kier molecular flexibility index (Phi) is 4.46. The fourth-order valence-corrected chi connectivity index (χ4v) is 3.12. The molecule has 1 aliphatic rings. The van der Waals surface area contributed by atoms with Crippen LogP contribution in [0.3, 0.4) is 0 Å². The van der Waals surface area contributed by atoms with Crippen molar-refractivity contribution in [2.45, 2.75) is 40.0 Å². The molecule has 0 aliphatic carbocycles. The molecule has 0 radical (unpaired) electrons. The number of methoxy groups -OCH3 is 1. The Hall–Kier alpha value is -1.38. The smallest absolute Gasteiger partial charge is 0.143 e. The molecule has 2 N–H and O–H groups in total. The lowest BCUT2D eigenvalue weighted by Gasteiger charge is -2.30. The molecule has 1 aromatic rings. The van der Waals surface area contributed by atoms with Crippen molar-refractivity contribution in [1.29, 1.82) is 0 Å². The molecule has 0 aromatic heterocycles. The monoisotopic (exact) mass is 276 g/mol. The molecule has 3 nitrogen and oxygen atoms in total. The molecule has 0 saturated carbocycles. The number of nitrogens with zero attached hydrogens (tertiary/aromatic N) is 1. The third kappa shape index (κ3) is 3.38. The highest BCUT2D eigenvalue weighted by molar-refractivity contribution is 5.62. The van der Waals surface area contributed by atoms with E-state index in [1.165, 1.54) is 24.9 Å². The SMILES string of the molecule is COc1cc(N2CCCC(C(C)(C)C)CC2)ccc1N. The Morgan fingerprint density at radius 3 is 2.60 bits per heavy atom. The highest BCUT2D eigenvalue weighted by Gasteiger charge is 2.27. The van der Waals surface area contributed by atoms with Crippen molar-refractivity contribution in [3.05, 3.63) is 18.2 Å². The van der Waals surface area contributed by atoms with Gasteiger partial charge in [0, 0.05) is 24.8 Å². The molecule has 1 fully saturated rings. The van der Waals surface area contributed by atoms with Gasteiger partial charge < -0.3 is 15.4 Å². The van der Waals surface area contributed by atoms with Crippen LogP contribution in [-0.4, -0.2) is 20.2 Å². The number of rotatable bonds is 2.